The maximum absolute atomic E-state index is 5.43. The second kappa shape index (κ2) is 4.88. The number of ether oxygens (including phenoxy) is 1. The summed E-state index contributed by atoms with van der Waals surface area (Å²) in [7, 11) is 0. The number of rotatable bonds is 4. The van der Waals surface area contributed by atoms with Gasteiger partial charge in [0.05, 0.1) is 12.7 Å². The highest BCUT2D eigenvalue weighted by Gasteiger charge is 1.94. The van der Waals surface area contributed by atoms with E-state index in [0.717, 1.165) is 13.0 Å². The van der Waals surface area contributed by atoms with Crippen LogP contribution >= 0.6 is 0 Å². The highest BCUT2D eigenvalue weighted by molar-refractivity contribution is 5.09. The fraction of sp³-hybridized carbons (Fsp3) is 0.500. The third-order valence-corrected chi connectivity index (χ3v) is 1.59. The molecule has 0 spiro atoms. The first kappa shape index (κ1) is 9.20. The summed E-state index contributed by atoms with van der Waals surface area (Å²) in [4.78, 5) is 3.95. The molecule has 0 aliphatic carbocycles. The largest absolute Gasteiger partial charge is 0.378 e. The van der Waals surface area contributed by atoms with Crippen LogP contribution in [0.1, 0.15) is 19.4 Å². The van der Waals surface area contributed by atoms with E-state index in [2.05, 4.69) is 4.98 Å². The maximum Gasteiger partial charge on any atom is 0.0519 e. The summed E-state index contributed by atoms with van der Waals surface area (Å²) in [6.45, 7) is 4.89. The Morgan fingerprint density at radius 1 is 1.33 bits per heavy atom. The molecule has 0 amide bonds. The lowest BCUT2D eigenvalue weighted by Crippen LogP contribution is -2.05. The minimum absolute atomic E-state index is 0.326. The Hall–Kier alpha value is -0.890. The van der Waals surface area contributed by atoms with Gasteiger partial charge in [0.1, 0.15) is 0 Å². The quantitative estimate of drug-likeness (QED) is 0.681. The summed E-state index contributed by atoms with van der Waals surface area (Å²) in [5, 5.41) is 0. The van der Waals surface area contributed by atoms with E-state index >= 15 is 0 Å². The van der Waals surface area contributed by atoms with Crippen molar-refractivity contribution in [2.24, 2.45) is 0 Å². The van der Waals surface area contributed by atoms with Crippen molar-refractivity contribution in [3.8, 4) is 0 Å². The zero-order valence-corrected chi connectivity index (χ0v) is 7.66. The average Bonchev–Trinajstić information content (AvgIpc) is 2.05. The summed E-state index contributed by atoms with van der Waals surface area (Å²) in [6.07, 6.45) is 4.92. The molecule has 2 heteroatoms. The minimum atomic E-state index is 0.326. The van der Waals surface area contributed by atoms with Gasteiger partial charge in [0.25, 0.3) is 0 Å². The number of hydrogen-bond donors (Lipinski definition) is 0. The van der Waals surface area contributed by atoms with Gasteiger partial charge in [-0.25, -0.2) is 0 Å². The summed E-state index contributed by atoms with van der Waals surface area (Å²) >= 11 is 0. The van der Waals surface area contributed by atoms with E-state index in [4.69, 9.17) is 4.74 Å². The van der Waals surface area contributed by atoms with Crippen molar-refractivity contribution in [2.45, 2.75) is 26.4 Å². The Labute approximate surface area is 73.6 Å². The van der Waals surface area contributed by atoms with E-state index in [1.165, 1.54) is 5.56 Å². The summed E-state index contributed by atoms with van der Waals surface area (Å²) in [6, 6.07) is 4.04. The summed E-state index contributed by atoms with van der Waals surface area (Å²) in [5.74, 6) is 0. The van der Waals surface area contributed by atoms with Gasteiger partial charge in [-0.05, 0) is 38.0 Å². The zero-order valence-electron chi connectivity index (χ0n) is 7.66. The lowest BCUT2D eigenvalue weighted by molar-refractivity contribution is 0.0813. The second-order valence-electron chi connectivity index (χ2n) is 3.03. The molecule has 66 valence electrons. The molecule has 0 unspecified atom stereocenters. The summed E-state index contributed by atoms with van der Waals surface area (Å²) < 4.78 is 5.43. The van der Waals surface area contributed by atoms with E-state index in [9.17, 15) is 0 Å². The first-order valence-corrected chi connectivity index (χ1v) is 4.29. The molecule has 2 nitrogen and oxygen atoms in total. The van der Waals surface area contributed by atoms with Gasteiger partial charge < -0.3 is 4.74 Å². The van der Waals surface area contributed by atoms with Crippen LogP contribution < -0.4 is 0 Å². The molecule has 0 N–H and O–H groups in total. The molecule has 0 aromatic carbocycles. The first-order chi connectivity index (χ1) is 5.79. The highest BCUT2D eigenvalue weighted by atomic mass is 16.5. The van der Waals surface area contributed by atoms with Crippen LogP contribution in [0.15, 0.2) is 24.5 Å². The standard InChI is InChI=1S/C10H15NO/c1-9(2)12-8-5-10-3-6-11-7-4-10/h3-4,6-7,9H,5,8H2,1-2H3. The monoisotopic (exact) mass is 165 g/mol. The SMILES string of the molecule is CC(C)OCCc1ccncc1. The third-order valence-electron chi connectivity index (χ3n) is 1.59. The van der Waals surface area contributed by atoms with E-state index < -0.39 is 0 Å². The molecule has 1 rings (SSSR count). The van der Waals surface area contributed by atoms with Crippen molar-refractivity contribution in [1.29, 1.82) is 0 Å². The molecular formula is C10H15NO. The zero-order chi connectivity index (χ0) is 8.81. The van der Waals surface area contributed by atoms with Crippen molar-refractivity contribution in [3.05, 3.63) is 30.1 Å². The van der Waals surface area contributed by atoms with Gasteiger partial charge in [-0.3, -0.25) is 4.98 Å². The topological polar surface area (TPSA) is 22.1 Å². The number of pyridine rings is 1. The van der Waals surface area contributed by atoms with Crippen LogP contribution in [-0.2, 0) is 11.2 Å². The Kier molecular flexibility index (Phi) is 3.74. The van der Waals surface area contributed by atoms with Gasteiger partial charge in [-0.15, -0.1) is 0 Å². The van der Waals surface area contributed by atoms with E-state index in [0.29, 0.717) is 6.10 Å². The summed E-state index contributed by atoms with van der Waals surface area (Å²) in [5.41, 5.74) is 1.28. The van der Waals surface area contributed by atoms with E-state index in [1.54, 1.807) is 0 Å². The van der Waals surface area contributed by atoms with Crippen LogP contribution in [0, 0.1) is 0 Å². The van der Waals surface area contributed by atoms with Gasteiger partial charge in [-0.1, -0.05) is 0 Å². The van der Waals surface area contributed by atoms with Crippen molar-refractivity contribution in [1.82, 2.24) is 4.98 Å². The van der Waals surface area contributed by atoms with Gasteiger partial charge in [-0.2, -0.15) is 0 Å². The van der Waals surface area contributed by atoms with Crippen LogP contribution in [0.3, 0.4) is 0 Å². The lowest BCUT2D eigenvalue weighted by atomic mass is 10.2. The molecule has 0 atom stereocenters. The van der Waals surface area contributed by atoms with Crippen LogP contribution in [0.2, 0.25) is 0 Å². The van der Waals surface area contributed by atoms with Crippen LogP contribution in [0.4, 0.5) is 0 Å². The Morgan fingerprint density at radius 2 is 2.00 bits per heavy atom. The maximum atomic E-state index is 5.43. The minimum Gasteiger partial charge on any atom is -0.378 e. The number of nitrogens with zero attached hydrogens (tertiary/aromatic N) is 1. The second-order valence-corrected chi connectivity index (χ2v) is 3.03. The molecule has 1 aromatic heterocycles. The number of aromatic nitrogens is 1. The Balaban J connectivity index is 2.25. The van der Waals surface area contributed by atoms with Crippen molar-refractivity contribution in [2.75, 3.05) is 6.61 Å². The van der Waals surface area contributed by atoms with E-state index in [-0.39, 0.29) is 0 Å². The molecular weight excluding hydrogens is 150 g/mol. The van der Waals surface area contributed by atoms with Crippen LogP contribution in [-0.4, -0.2) is 17.7 Å². The average molecular weight is 165 g/mol. The molecule has 0 radical (unpaired) electrons. The molecule has 0 saturated heterocycles. The molecule has 0 aliphatic heterocycles. The third kappa shape index (κ3) is 3.49. The highest BCUT2D eigenvalue weighted by Crippen LogP contribution is 1.98. The lowest BCUT2D eigenvalue weighted by Gasteiger charge is -2.06. The smallest absolute Gasteiger partial charge is 0.0519 e. The fourth-order valence-electron chi connectivity index (χ4n) is 0.962. The molecule has 12 heavy (non-hydrogen) atoms. The number of hydrogen-bond acceptors (Lipinski definition) is 2. The Morgan fingerprint density at radius 3 is 2.58 bits per heavy atom. The van der Waals surface area contributed by atoms with Gasteiger partial charge in [0.2, 0.25) is 0 Å². The van der Waals surface area contributed by atoms with Gasteiger partial charge >= 0.3 is 0 Å². The molecule has 0 bridgehead atoms. The van der Waals surface area contributed by atoms with Crippen LogP contribution in [0.25, 0.3) is 0 Å². The van der Waals surface area contributed by atoms with Crippen molar-refractivity contribution >= 4 is 0 Å². The fourth-order valence-corrected chi connectivity index (χ4v) is 0.962. The molecule has 0 saturated carbocycles. The van der Waals surface area contributed by atoms with E-state index in [1.807, 2.05) is 38.4 Å². The van der Waals surface area contributed by atoms with Crippen molar-refractivity contribution in [3.63, 3.8) is 0 Å². The first-order valence-electron chi connectivity index (χ1n) is 4.29. The normalized spacial score (nSPS) is 10.6. The molecule has 1 aromatic rings. The van der Waals surface area contributed by atoms with Gasteiger partial charge in [0.15, 0.2) is 0 Å². The predicted molar refractivity (Wildman–Crippen MR) is 49.0 cm³/mol. The molecule has 1 heterocycles. The van der Waals surface area contributed by atoms with Gasteiger partial charge in [0, 0.05) is 12.4 Å². The Bertz CT molecular complexity index is 208. The predicted octanol–water partition coefficient (Wildman–Crippen LogP) is 2.05. The molecule has 0 fully saturated rings. The molecule has 0 aliphatic rings. The van der Waals surface area contributed by atoms with Crippen LogP contribution in [0.5, 0.6) is 0 Å². The van der Waals surface area contributed by atoms with Crippen molar-refractivity contribution < 1.29 is 4.74 Å².